The summed E-state index contributed by atoms with van der Waals surface area (Å²) in [4.78, 5) is 22.3. The minimum atomic E-state index is -0.450. The lowest BCUT2D eigenvalue weighted by Gasteiger charge is -2.01. The summed E-state index contributed by atoms with van der Waals surface area (Å²) in [6.45, 7) is 0.395. The number of benzene rings is 2. The lowest BCUT2D eigenvalue weighted by atomic mass is 10.2. The number of amides is 1. The number of halogens is 1. The van der Waals surface area contributed by atoms with Crippen LogP contribution >= 0.6 is 15.9 Å². The number of nitro groups is 1. The Kier molecular flexibility index (Phi) is 5.72. The number of nitro benzene ring substituents is 1. The molecule has 9 heteroatoms. The molecule has 1 heterocycles. The lowest BCUT2D eigenvalue weighted by molar-refractivity contribution is -0.384. The number of carbonyl (C=O) groups is 1. The van der Waals surface area contributed by atoms with Gasteiger partial charge in [0, 0.05) is 22.8 Å². The van der Waals surface area contributed by atoms with Crippen LogP contribution in [0.1, 0.15) is 21.6 Å². The number of hydrogen-bond acceptors (Lipinski definition) is 5. The standard InChI is InChI=1S/C18H14BrN5O3/c19-15-3-1-2-14(10-15)11-20-21-18(25)17-8-9-23(22-17)12-13-4-6-16(7-5-13)24(26)27/h1-11H,12H2,(H,21,25). The van der Waals surface area contributed by atoms with Crippen molar-refractivity contribution in [3.63, 3.8) is 0 Å². The minimum absolute atomic E-state index is 0.0302. The van der Waals surface area contributed by atoms with Crippen molar-refractivity contribution in [1.29, 1.82) is 0 Å². The molecule has 0 aliphatic rings. The van der Waals surface area contributed by atoms with Gasteiger partial charge in [0.2, 0.25) is 0 Å². The molecule has 0 fully saturated rings. The van der Waals surface area contributed by atoms with Gasteiger partial charge < -0.3 is 0 Å². The molecule has 0 saturated carbocycles. The number of hydrazone groups is 1. The van der Waals surface area contributed by atoms with Crippen LogP contribution in [0.25, 0.3) is 0 Å². The van der Waals surface area contributed by atoms with Gasteiger partial charge in [-0.05, 0) is 29.3 Å². The van der Waals surface area contributed by atoms with E-state index < -0.39 is 10.8 Å². The number of non-ortho nitro benzene ring substituents is 1. The summed E-state index contributed by atoms with van der Waals surface area (Å²) < 4.78 is 2.50. The normalized spacial score (nSPS) is 10.9. The van der Waals surface area contributed by atoms with E-state index >= 15 is 0 Å². The van der Waals surface area contributed by atoms with Crippen LogP contribution in [0.15, 0.2) is 70.4 Å². The van der Waals surface area contributed by atoms with Crippen molar-refractivity contribution in [2.24, 2.45) is 5.10 Å². The highest BCUT2D eigenvalue weighted by atomic mass is 79.9. The lowest BCUT2D eigenvalue weighted by Crippen LogP contribution is -2.18. The molecule has 27 heavy (non-hydrogen) atoms. The van der Waals surface area contributed by atoms with Crippen molar-refractivity contribution in [2.45, 2.75) is 6.54 Å². The van der Waals surface area contributed by atoms with Crippen LogP contribution in [0, 0.1) is 10.1 Å². The molecule has 3 rings (SSSR count). The fourth-order valence-electron chi connectivity index (χ4n) is 2.29. The Labute approximate surface area is 162 Å². The van der Waals surface area contributed by atoms with Crippen LogP contribution < -0.4 is 5.43 Å². The van der Waals surface area contributed by atoms with Crippen molar-refractivity contribution in [3.8, 4) is 0 Å². The molecule has 8 nitrogen and oxygen atoms in total. The van der Waals surface area contributed by atoms with Gasteiger partial charge in [0.25, 0.3) is 11.6 Å². The van der Waals surface area contributed by atoms with Crippen molar-refractivity contribution in [2.75, 3.05) is 0 Å². The van der Waals surface area contributed by atoms with Gasteiger partial charge in [-0.3, -0.25) is 19.6 Å². The molecule has 0 saturated heterocycles. The largest absolute Gasteiger partial charge is 0.291 e. The van der Waals surface area contributed by atoms with Gasteiger partial charge in [0.05, 0.1) is 17.7 Å². The average molecular weight is 428 g/mol. The molecule has 0 aliphatic heterocycles. The number of rotatable bonds is 6. The van der Waals surface area contributed by atoms with E-state index in [0.717, 1.165) is 15.6 Å². The van der Waals surface area contributed by atoms with Crippen molar-refractivity contribution in [3.05, 3.63) is 92.2 Å². The Morgan fingerprint density at radius 1 is 1.26 bits per heavy atom. The number of aromatic nitrogens is 2. The third kappa shape index (κ3) is 5.08. The Bertz CT molecular complexity index is 998. The highest BCUT2D eigenvalue weighted by molar-refractivity contribution is 9.10. The third-order valence-electron chi connectivity index (χ3n) is 3.59. The second-order valence-corrected chi connectivity index (χ2v) is 6.49. The van der Waals surface area contributed by atoms with E-state index in [0.29, 0.717) is 6.54 Å². The van der Waals surface area contributed by atoms with E-state index in [4.69, 9.17) is 0 Å². The zero-order valence-electron chi connectivity index (χ0n) is 13.9. The van der Waals surface area contributed by atoms with E-state index in [9.17, 15) is 14.9 Å². The Balaban J connectivity index is 1.59. The monoisotopic (exact) mass is 427 g/mol. The smallest absolute Gasteiger partial charge is 0.268 e. The summed E-state index contributed by atoms with van der Waals surface area (Å²) in [5.41, 5.74) is 4.36. The van der Waals surface area contributed by atoms with Crippen molar-refractivity contribution >= 4 is 33.7 Å². The maximum atomic E-state index is 12.1. The maximum Gasteiger partial charge on any atom is 0.291 e. The summed E-state index contributed by atoms with van der Waals surface area (Å²) in [7, 11) is 0. The SMILES string of the molecule is O=C(NN=Cc1cccc(Br)c1)c1ccn(Cc2ccc([N+](=O)[O-])cc2)n1. The van der Waals surface area contributed by atoms with Crippen LogP contribution in [0.5, 0.6) is 0 Å². The summed E-state index contributed by atoms with van der Waals surface area (Å²) in [6, 6.07) is 15.2. The Morgan fingerprint density at radius 3 is 2.74 bits per heavy atom. The van der Waals surface area contributed by atoms with Gasteiger partial charge in [0.15, 0.2) is 5.69 Å². The molecule has 0 atom stereocenters. The van der Waals surface area contributed by atoms with Crippen LogP contribution in [-0.2, 0) is 6.54 Å². The molecule has 1 N–H and O–H groups in total. The molecule has 0 radical (unpaired) electrons. The molecule has 1 amide bonds. The summed E-state index contributed by atoms with van der Waals surface area (Å²) in [6.07, 6.45) is 3.20. The minimum Gasteiger partial charge on any atom is -0.268 e. The number of nitrogens with one attached hydrogen (secondary N) is 1. The first-order valence-corrected chi connectivity index (χ1v) is 8.66. The van der Waals surface area contributed by atoms with E-state index in [1.54, 1.807) is 29.1 Å². The molecule has 3 aromatic rings. The van der Waals surface area contributed by atoms with Gasteiger partial charge in [-0.15, -0.1) is 0 Å². The molecular formula is C18H14BrN5O3. The molecule has 0 unspecified atom stereocenters. The van der Waals surface area contributed by atoms with Gasteiger partial charge in [0.1, 0.15) is 0 Å². The van der Waals surface area contributed by atoms with Gasteiger partial charge >= 0.3 is 0 Å². The van der Waals surface area contributed by atoms with E-state index in [1.165, 1.54) is 18.3 Å². The second-order valence-electron chi connectivity index (χ2n) is 5.58. The summed E-state index contributed by atoms with van der Waals surface area (Å²) in [5, 5.41) is 18.8. The number of carbonyl (C=O) groups excluding carboxylic acids is 1. The van der Waals surface area contributed by atoms with Crippen molar-refractivity contribution < 1.29 is 9.72 Å². The Morgan fingerprint density at radius 2 is 2.04 bits per heavy atom. The summed E-state index contributed by atoms with van der Waals surface area (Å²) >= 11 is 3.37. The zero-order chi connectivity index (χ0) is 19.2. The number of hydrogen-bond donors (Lipinski definition) is 1. The highest BCUT2D eigenvalue weighted by Crippen LogP contribution is 2.13. The van der Waals surface area contributed by atoms with Crippen LogP contribution in [0.4, 0.5) is 5.69 Å². The molecule has 0 aliphatic carbocycles. The average Bonchev–Trinajstić information content (AvgIpc) is 3.11. The third-order valence-corrected chi connectivity index (χ3v) is 4.09. The van der Waals surface area contributed by atoms with Gasteiger partial charge in [-0.1, -0.05) is 40.2 Å². The molecule has 1 aromatic heterocycles. The van der Waals surface area contributed by atoms with E-state index in [-0.39, 0.29) is 11.4 Å². The first-order valence-electron chi connectivity index (χ1n) is 7.87. The molecule has 0 spiro atoms. The quantitative estimate of drug-likeness (QED) is 0.370. The first-order chi connectivity index (χ1) is 13.0. The van der Waals surface area contributed by atoms with Crippen molar-refractivity contribution in [1.82, 2.24) is 15.2 Å². The molecular weight excluding hydrogens is 414 g/mol. The Hall–Kier alpha value is -3.33. The van der Waals surface area contributed by atoms with Crippen LogP contribution in [-0.4, -0.2) is 26.8 Å². The highest BCUT2D eigenvalue weighted by Gasteiger charge is 2.09. The van der Waals surface area contributed by atoms with Crippen LogP contribution in [0.2, 0.25) is 0 Å². The van der Waals surface area contributed by atoms with E-state index in [1.807, 2.05) is 24.3 Å². The molecule has 136 valence electrons. The van der Waals surface area contributed by atoms with Gasteiger partial charge in [-0.2, -0.15) is 10.2 Å². The second kappa shape index (κ2) is 8.37. The fraction of sp³-hybridized carbons (Fsp3) is 0.0556. The first kappa shape index (κ1) is 18.5. The predicted octanol–water partition coefficient (Wildman–Crippen LogP) is 3.37. The summed E-state index contributed by atoms with van der Waals surface area (Å²) in [5.74, 6) is -0.427. The zero-order valence-corrected chi connectivity index (χ0v) is 15.5. The van der Waals surface area contributed by atoms with E-state index in [2.05, 4.69) is 31.6 Å². The maximum absolute atomic E-state index is 12.1. The van der Waals surface area contributed by atoms with Crippen LogP contribution in [0.3, 0.4) is 0 Å². The topological polar surface area (TPSA) is 102 Å². The molecule has 2 aromatic carbocycles. The molecule has 0 bridgehead atoms. The van der Waals surface area contributed by atoms with Gasteiger partial charge in [-0.25, -0.2) is 5.43 Å². The number of nitrogens with zero attached hydrogens (tertiary/aromatic N) is 4. The predicted molar refractivity (Wildman–Crippen MR) is 104 cm³/mol. The fourth-order valence-corrected chi connectivity index (χ4v) is 2.71.